The maximum atomic E-state index is 14.1. The summed E-state index contributed by atoms with van der Waals surface area (Å²) in [6.45, 7) is 1.29. The highest BCUT2D eigenvalue weighted by atomic mass is 19.1. The van der Waals surface area contributed by atoms with Gasteiger partial charge in [-0.2, -0.15) is 4.39 Å². The molecule has 0 bridgehead atoms. The molecule has 6 nitrogen and oxygen atoms in total. The van der Waals surface area contributed by atoms with Crippen molar-refractivity contribution in [2.45, 2.75) is 6.92 Å². The molecule has 0 saturated heterocycles. The molecule has 0 N–H and O–H groups in total. The molecule has 7 heteroatoms. The summed E-state index contributed by atoms with van der Waals surface area (Å²) in [5, 5.41) is 10.7. The molecule has 1 aliphatic heterocycles. The molecule has 2 aromatic carbocycles. The van der Waals surface area contributed by atoms with Crippen LogP contribution in [0.3, 0.4) is 0 Å². The molecule has 1 heterocycles. The minimum absolute atomic E-state index is 0.00861. The molecule has 2 amide bonds. The van der Waals surface area contributed by atoms with Gasteiger partial charge >= 0.3 is 5.69 Å². The number of nitrogens with zero attached hydrogens (tertiary/aromatic N) is 2. The molecule has 0 atom stereocenters. The summed E-state index contributed by atoms with van der Waals surface area (Å²) in [6, 6.07) is 8.41. The smallest absolute Gasteiger partial charge is 0.268 e. The molecule has 0 aromatic heterocycles. The summed E-state index contributed by atoms with van der Waals surface area (Å²) in [7, 11) is 0. The van der Waals surface area contributed by atoms with E-state index in [1.54, 1.807) is 12.1 Å². The van der Waals surface area contributed by atoms with Gasteiger partial charge in [-0.05, 0) is 25.1 Å². The van der Waals surface area contributed by atoms with Crippen molar-refractivity contribution in [1.29, 1.82) is 0 Å². The Bertz CT molecular complexity index is 812. The van der Waals surface area contributed by atoms with Crippen LogP contribution in [-0.2, 0) is 0 Å². The largest absolute Gasteiger partial charge is 0.305 e. The Balaban J connectivity index is 2.15. The Morgan fingerprint density at radius 1 is 1.05 bits per heavy atom. The maximum absolute atomic E-state index is 14.1. The van der Waals surface area contributed by atoms with Crippen LogP contribution in [0.25, 0.3) is 0 Å². The number of amides is 2. The number of benzene rings is 2. The van der Waals surface area contributed by atoms with E-state index in [9.17, 15) is 24.1 Å². The highest BCUT2D eigenvalue weighted by Crippen LogP contribution is 2.34. The van der Waals surface area contributed by atoms with Gasteiger partial charge in [0.2, 0.25) is 5.82 Å². The van der Waals surface area contributed by atoms with Crippen molar-refractivity contribution in [3.05, 3.63) is 69.0 Å². The van der Waals surface area contributed by atoms with Crippen LogP contribution in [0.1, 0.15) is 26.3 Å². The average molecular weight is 300 g/mol. The molecule has 0 aliphatic carbocycles. The van der Waals surface area contributed by atoms with Gasteiger partial charge in [0.05, 0.1) is 21.7 Å². The number of hydrogen-bond donors (Lipinski definition) is 0. The highest BCUT2D eigenvalue weighted by Gasteiger charge is 2.38. The van der Waals surface area contributed by atoms with E-state index in [4.69, 9.17) is 0 Å². The Morgan fingerprint density at radius 3 is 2.09 bits per heavy atom. The van der Waals surface area contributed by atoms with Gasteiger partial charge in [0.1, 0.15) is 0 Å². The van der Waals surface area contributed by atoms with Gasteiger partial charge in [-0.3, -0.25) is 19.7 Å². The van der Waals surface area contributed by atoms with E-state index in [0.29, 0.717) is 0 Å². The third-order valence-electron chi connectivity index (χ3n) is 3.57. The Hall–Kier alpha value is -3.09. The fourth-order valence-corrected chi connectivity index (χ4v) is 2.45. The number of carbonyl (C=O) groups is 2. The van der Waals surface area contributed by atoms with Crippen LogP contribution in [0.15, 0.2) is 36.4 Å². The van der Waals surface area contributed by atoms with E-state index in [-0.39, 0.29) is 22.4 Å². The second-order valence-corrected chi connectivity index (χ2v) is 4.79. The number of carbonyl (C=O) groups excluding carboxylic acids is 2. The number of imide groups is 1. The minimum atomic E-state index is -1.06. The van der Waals surface area contributed by atoms with Crippen LogP contribution >= 0.6 is 0 Å². The molecular weight excluding hydrogens is 291 g/mol. The standard InChI is InChI=1S/C15H9FN2O4/c1-8-11(6-7-12(13(8)16)18(21)22)17-14(19)9-4-2-3-5-10(9)15(17)20/h2-7H,1H3. The number of nitro groups is 1. The van der Waals surface area contributed by atoms with Gasteiger partial charge < -0.3 is 0 Å². The summed E-state index contributed by atoms with van der Waals surface area (Å²) < 4.78 is 14.1. The topological polar surface area (TPSA) is 80.5 Å². The Kier molecular flexibility index (Phi) is 2.98. The first-order valence-corrected chi connectivity index (χ1v) is 6.34. The molecule has 2 aromatic rings. The summed E-state index contributed by atoms with van der Waals surface area (Å²) >= 11 is 0. The van der Waals surface area contributed by atoms with Crippen molar-refractivity contribution in [2.75, 3.05) is 4.90 Å². The molecule has 1 aliphatic rings. The molecule has 0 fully saturated rings. The SMILES string of the molecule is Cc1c(N2C(=O)c3ccccc3C2=O)ccc([N+](=O)[O-])c1F. The molecule has 0 radical (unpaired) electrons. The molecule has 3 rings (SSSR count). The molecule has 22 heavy (non-hydrogen) atoms. The van der Waals surface area contributed by atoms with Crippen LogP contribution in [0, 0.1) is 22.9 Å². The fraction of sp³-hybridized carbons (Fsp3) is 0.0667. The van der Waals surface area contributed by atoms with Gasteiger partial charge in [-0.1, -0.05) is 12.1 Å². The fourth-order valence-electron chi connectivity index (χ4n) is 2.45. The number of anilines is 1. The second kappa shape index (κ2) is 4.73. The van der Waals surface area contributed by atoms with E-state index < -0.39 is 28.2 Å². The average Bonchev–Trinajstić information content (AvgIpc) is 2.74. The zero-order valence-corrected chi connectivity index (χ0v) is 11.4. The van der Waals surface area contributed by atoms with E-state index in [1.807, 2.05) is 0 Å². The lowest BCUT2D eigenvalue weighted by Crippen LogP contribution is -2.30. The number of nitro benzene ring substituents is 1. The van der Waals surface area contributed by atoms with Gasteiger partial charge in [0.15, 0.2) is 0 Å². The molecule has 0 saturated carbocycles. The monoisotopic (exact) mass is 300 g/mol. The van der Waals surface area contributed by atoms with Crippen LogP contribution in [0.2, 0.25) is 0 Å². The second-order valence-electron chi connectivity index (χ2n) is 4.79. The Labute approximate surface area is 123 Å². The predicted octanol–water partition coefficient (Wildman–Crippen LogP) is 2.84. The van der Waals surface area contributed by atoms with Crippen LogP contribution in [0.4, 0.5) is 15.8 Å². The van der Waals surface area contributed by atoms with Crippen molar-refractivity contribution in [3.63, 3.8) is 0 Å². The number of halogens is 1. The Morgan fingerprint density at radius 2 is 1.59 bits per heavy atom. The van der Waals surface area contributed by atoms with Gasteiger partial charge in [-0.15, -0.1) is 0 Å². The van der Waals surface area contributed by atoms with Gasteiger partial charge in [0, 0.05) is 11.6 Å². The quantitative estimate of drug-likeness (QED) is 0.485. The first-order valence-electron chi connectivity index (χ1n) is 6.34. The van der Waals surface area contributed by atoms with Crippen LogP contribution < -0.4 is 4.90 Å². The maximum Gasteiger partial charge on any atom is 0.305 e. The van der Waals surface area contributed by atoms with Crippen molar-refractivity contribution >= 4 is 23.2 Å². The minimum Gasteiger partial charge on any atom is -0.268 e. The van der Waals surface area contributed by atoms with Crippen LogP contribution in [-0.4, -0.2) is 16.7 Å². The third kappa shape index (κ3) is 1.79. The summed E-state index contributed by atoms with van der Waals surface area (Å²) in [6.07, 6.45) is 0. The highest BCUT2D eigenvalue weighted by molar-refractivity contribution is 6.34. The van der Waals surface area contributed by atoms with Gasteiger partial charge in [-0.25, -0.2) is 4.90 Å². The molecule has 110 valence electrons. The number of hydrogen-bond acceptors (Lipinski definition) is 4. The molecular formula is C15H9FN2O4. The molecule has 0 spiro atoms. The zero-order chi connectivity index (χ0) is 16.0. The normalized spacial score (nSPS) is 13.5. The van der Waals surface area contributed by atoms with Gasteiger partial charge in [0.25, 0.3) is 11.8 Å². The first kappa shape index (κ1) is 13.9. The van der Waals surface area contributed by atoms with E-state index in [1.165, 1.54) is 25.1 Å². The summed E-state index contributed by atoms with van der Waals surface area (Å²) in [4.78, 5) is 35.4. The third-order valence-corrected chi connectivity index (χ3v) is 3.57. The van der Waals surface area contributed by atoms with E-state index in [2.05, 4.69) is 0 Å². The summed E-state index contributed by atoms with van der Waals surface area (Å²) in [5.41, 5.74) is -0.354. The lowest BCUT2D eigenvalue weighted by Gasteiger charge is -2.16. The predicted molar refractivity (Wildman–Crippen MR) is 75.4 cm³/mol. The van der Waals surface area contributed by atoms with Crippen molar-refractivity contribution in [3.8, 4) is 0 Å². The molecule has 0 unspecified atom stereocenters. The zero-order valence-electron chi connectivity index (χ0n) is 11.4. The summed E-state index contributed by atoms with van der Waals surface area (Å²) in [5.74, 6) is -2.20. The van der Waals surface area contributed by atoms with E-state index in [0.717, 1.165) is 11.0 Å². The van der Waals surface area contributed by atoms with Crippen molar-refractivity contribution in [2.24, 2.45) is 0 Å². The lowest BCUT2D eigenvalue weighted by atomic mass is 10.1. The number of rotatable bonds is 2. The van der Waals surface area contributed by atoms with Crippen molar-refractivity contribution in [1.82, 2.24) is 0 Å². The van der Waals surface area contributed by atoms with Crippen molar-refractivity contribution < 1.29 is 18.9 Å². The lowest BCUT2D eigenvalue weighted by molar-refractivity contribution is -0.387. The van der Waals surface area contributed by atoms with Crippen LogP contribution in [0.5, 0.6) is 0 Å². The first-order chi connectivity index (χ1) is 10.4. The number of fused-ring (bicyclic) bond motifs is 1. The van der Waals surface area contributed by atoms with E-state index >= 15 is 0 Å².